The van der Waals surface area contributed by atoms with Crippen molar-refractivity contribution in [3.05, 3.63) is 0 Å². The maximum atomic E-state index is 12.3. The van der Waals surface area contributed by atoms with Gasteiger partial charge in [0.25, 0.3) is 0 Å². The number of carbonyl (C=O) groups is 3. The predicted octanol–water partition coefficient (Wildman–Crippen LogP) is 3.97. The lowest BCUT2D eigenvalue weighted by molar-refractivity contribution is -0.152. The van der Waals surface area contributed by atoms with Gasteiger partial charge in [0, 0.05) is 12.8 Å². The molecule has 0 amide bonds. The quantitative estimate of drug-likeness (QED) is 0.562. The molecule has 0 spiro atoms. The SMILES string of the molecule is CCOC(=O)C1CCCCCCCCCCC(=O)OCCCC1=O. The molecule has 1 atom stereocenters. The molecule has 1 heterocycles. The maximum absolute atomic E-state index is 12.3. The molecule has 0 aromatic carbocycles. The fourth-order valence-electron chi connectivity index (χ4n) is 3.01. The smallest absolute Gasteiger partial charge is 0.316 e. The third kappa shape index (κ3) is 9.04. The molecule has 0 aromatic heterocycles. The lowest BCUT2D eigenvalue weighted by Crippen LogP contribution is -2.26. The van der Waals surface area contributed by atoms with Crippen LogP contribution >= 0.6 is 0 Å². The Hall–Kier alpha value is -1.39. The summed E-state index contributed by atoms with van der Waals surface area (Å²) in [6.07, 6.45) is 10.3. The first-order valence-corrected chi connectivity index (χ1v) is 9.50. The van der Waals surface area contributed by atoms with E-state index in [1.54, 1.807) is 6.92 Å². The van der Waals surface area contributed by atoms with Crippen LogP contribution in [-0.4, -0.2) is 30.9 Å². The van der Waals surface area contributed by atoms with Crippen LogP contribution in [0, 0.1) is 5.92 Å². The van der Waals surface area contributed by atoms with Crippen LogP contribution in [0.15, 0.2) is 0 Å². The van der Waals surface area contributed by atoms with E-state index in [-0.39, 0.29) is 24.8 Å². The molecule has 1 rings (SSSR count). The van der Waals surface area contributed by atoms with Gasteiger partial charge in [-0.2, -0.15) is 0 Å². The highest BCUT2D eigenvalue weighted by molar-refractivity contribution is 5.98. The molecule has 0 N–H and O–H groups in total. The highest BCUT2D eigenvalue weighted by Crippen LogP contribution is 2.18. The molecule has 0 aromatic rings. The summed E-state index contributed by atoms with van der Waals surface area (Å²) in [7, 11) is 0. The lowest BCUT2D eigenvalue weighted by atomic mass is 9.93. The van der Waals surface area contributed by atoms with Crippen LogP contribution in [0.2, 0.25) is 0 Å². The molecule has 0 aliphatic carbocycles. The Bertz CT molecular complexity index is 391. The summed E-state index contributed by atoms with van der Waals surface area (Å²) in [6.45, 7) is 2.29. The molecule has 1 fully saturated rings. The van der Waals surface area contributed by atoms with E-state index >= 15 is 0 Å². The first kappa shape index (κ1) is 20.7. The molecule has 0 saturated carbocycles. The number of hydrogen-bond donors (Lipinski definition) is 0. The topological polar surface area (TPSA) is 69.7 Å². The van der Waals surface area contributed by atoms with Crippen molar-refractivity contribution in [2.75, 3.05) is 13.2 Å². The van der Waals surface area contributed by atoms with Crippen molar-refractivity contribution in [1.29, 1.82) is 0 Å². The Labute approximate surface area is 145 Å². The van der Waals surface area contributed by atoms with E-state index in [0.717, 1.165) is 38.5 Å². The highest BCUT2D eigenvalue weighted by Gasteiger charge is 2.26. The van der Waals surface area contributed by atoms with Crippen molar-refractivity contribution >= 4 is 17.7 Å². The average Bonchev–Trinajstić information content (AvgIpc) is 2.56. The number of ether oxygens (including phenoxy) is 2. The van der Waals surface area contributed by atoms with Gasteiger partial charge in [-0.1, -0.05) is 44.9 Å². The molecule has 1 unspecified atom stereocenters. The zero-order chi connectivity index (χ0) is 17.6. The van der Waals surface area contributed by atoms with Gasteiger partial charge in [0.05, 0.1) is 13.2 Å². The molecule has 0 radical (unpaired) electrons. The number of ketones is 1. The first-order chi connectivity index (χ1) is 11.6. The number of esters is 2. The molecule has 138 valence electrons. The van der Waals surface area contributed by atoms with Crippen LogP contribution in [0.5, 0.6) is 0 Å². The van der Waals surface area contributed by atoms with E-state index in [0.29, 0.717) is 25.9 Å². The monoisotopic (exact) mass is 340 g/mol. The van der Waals surface area contributed by atoms with E-state index in [9.17, 15) is 14.4 Å². The third-order valence-corrected chi connectivity index (χ3v) is 4.41. The van der Waals surface area contributed by atoms with Gasteiger partial charge < -0.3 is 9.47 Å². The zero-order valence-electron chi connectivity index (χ0n) is 15.0. The standard InChI is InChI=1S/C19H32O5/c1-2-23-19(22)16-12-9-7-5-3-4-6-8-10-14-18(21)24-15-11-13-17(16)20/h16H,2-15H2,1H3. The number of Topliss-reactive ketones (excluding diaryl/α,β-unsaturated/α-hetero) is 1. The predicted molar refractivity (Wildman–Crippen MR) is 91.5 cm³/mol. The number of hydrogen-bond acceptors (Lipinski definition) is 5. The molecule has 5 nitrogen and oxygen atoms in total. The van der Waals surface area contributed by atoms with Crippen molar-refractivity contribution < 1.29 is 23.9 Å². The average molecular weight is 340 g/mol. The summed E-state index contributed by atoms with van der Waals surface area (Å²) < 4.78 is 10.2. The molecule has 0 bridgehead atoms. The number of rotatable bonds is 2. The minimum Gasteiger partial charge on any atom is -0.466 e. The van der Waals surface area contributed by atoms with Gasteiger partial charge in [-0.25, -0.2) is 0 Å². The minimum atomic E-state index is -0.656. The normalized spacial score (nSPS) is 23.1. The van der Waals surface area contributed by atoms with Crippen LogP contribution in [0.3, 0.4) is 0 Å². The van der Waals surface area contributed by atoms with E-state index < -0.39 is 11.9 Å². The third-order valence-electron chi connectivity index (χ3n) is 4.41. The number of cyclic esters (lactones) is 1. The number of carbonyl (C=O) groups excluding carboxylic acids is 3. The molecule has 1 saturated heterocycles. The maximum Gasteiger partial charge on any atom is 0.316 e. The van der Waals surface area contributed by atoms with E-state index in [1.807, 2.05) is 0 Å². The van der Waals surface area contributed by atoms with Gasteiger partial charge in [-0.15, -0.1) is 0 Å². The highest BCUT2D eigenvalue weighted by atomic mass is 16.5. The molecule has 1 aliphatic rings. The fraction of sp³-hybridized carbons (Fsp3) is 0.842. The van der Waals surface area contributed by atoms with Crippen molar-refractivity contribution in [3.63, 3.8) is 0 Å². The Kier molecular flexibility index (Phi) is 11.2. The van der Waals surface area contributed by atoms with Gasteiger partial charge in [0.15, 0.2) is 0 Å². The van der Waals surface area contributed by atoms with Crippen molar-refractivity contribution in [3.8, 4) is 0 Å². The van der Waals surface area contributed by atoms with Crippen LogP contribution in [0.4, 0.5) is 0 Å². The summed E-state index contributed by atoms with van der Waals surface area (Å²) >= 11 is 0. The second-order valence-corrected chi connectivity index (χ2v) is 6.46. The summed E-state index contributed by atoms with van der Waals surface area (Å²) in [6, 6.07) is 0. The van der Waals surface area contributed by atoms with Gasteiger partial charge in [0.1, 0.15) is 11.7 Å². The van der Waals surface area contributed by atoms with Crippen molar-refractivity contribution in [2.24, 2.45) is 5.92 Å². The van der Waals surface area contributed by atoms with E-state index in [2.05, 4.69) is 0 Å². The fourth-order valence-corrected chi connectivity index (χ4v) is 3.01. The molecular weight excluding hydrogens is 308 g/mol. The van der Waals surface area contributed by atoms with Gasteiger partial charge in [0.2, 0.25) is 0 Å². The van der Waals surface area contributed by atoms with Crippen LogP contribution in [0.25, 0.3) is 0 Å². The largest absolute Gasteiger partial charge is 0.466 e. The summed E-state index contributed by atoms with van der Waals surface area (Å²) in [5.41, 5.74) is 0. The van der Waals surface area contributed by atoms with Gasteiger partial charge in [-0.3, -0.25) is 14.4 Å². The van der Waals surface area contributed by atoms with Crippen LogP contribution in [0.1, 0.15) is 84.0 Å². The Balaban J connectivity index is 2.53. The minimum absolute atomic E-state index is 0.0891. The van der Waals surface area contributed by atoms with Crippen molar-refractivity contribution in [1.82, 2.24) is 0 Å². The second kappa shape index (κ2) is 13.0. The first-order valence-electron chi connectivity index (χ1n) is 9.50. The van der Waals surface area contributed by atoms with Crippen LogP contribution in [-0.2, 0) is 23.9 Å². The summed E-state index contributed by atoms with van der Waals surface area (Å²) in [5.74, 6) is -1.34. The lowest BCUT2D eigenvalue weighted by Gasteiger charge is -2.14. The zero-order valence-corrected chi connectivity index (χ0v) is 15.0. The van der Waals surface area contributed by atoms with Gasteiger partial charge in [-0.05, 0) is 26.2 Å². The van der Waals surface area contributed by atoms with Crippen molar-refractivity contribution in [2.45, 2.75) is 84.0 Å². The summed E-state index contributed by atoms with van der Waals surface area (Å²) in [4.78, 5) is 35.9. The van der Waals surface area contributed by atoms with E-state index in [4.69, 9.17) is 9.47 Å². The molecule has 5 heteroatoms. The molecule has 24 heavy (non-hydrogen) atoms. The second-order valence-electron chi connectivity index (χ2n) is 6.46. The van der Waals surface area contributed by atoms with Crippen LogP contribution < -0.4 is 0 Å². The van der Waals surface area contributed by atoms with Gasteiger partial charge >= 0.3 is 11.9 Å². The van der Waals surface area contributed by atoms with E-state index in [1.165, 1.54) is 12.8 Å². The molecule has 1 aliphatic heterocycles. The Morgan fingerprint density at radius 2 is 1.58 bits per heavy atom. The summed E-state index contributed by atoms with van der Waals surface area (Å²) in [5, 5.41) is 0. The Morgan fingerprint density at radius 1 is 0.958 bits per heavy atom. The Morgan fingerprint density at radius 3 is 2.25 bits per heavy atom. The molecular formula is C19H32O5.